The molecule has 0 aromatic heterocycles. The minimum atomic E-state index is 0.283. The maximum Gasteiger partial charge on any atom is 0.0894 e. The largest absolute Gasteiger partial charge is 0.375 e. The zero-order valence-corrected chi connectivity index (χ0v) is 60.4. The SMILES string of the molecule is CCCCCC=CCC=CCCCCCCCCOC1CC(CN(C)C)C1OCCCCCCCCC=CCC=CCCCC(C)C(C)CCCC=CCC=CCCCCCCCCOC1C(CC)C1OCCCCCCCCC=CCC=CCCCCC. The van der Waals surface area contributed by atoms with Crippen molar-refractivity contribution in [1.82, 2.24) is 4.90 Å². The van der Waals surface area contributed by atoms with Crippen molar-refractivity contribution in [3.63, 3.8) is 0 Å². The van der Waals surface area contributed by atoms with Gasteiger partial charge in [0.05, 0.1) is 24.4 Å². The molecule has 89 heavy (non-hydrogen) atoms. The van der Waals surface area contributed by atoms with Crippen molar-refractivity contribution in [2.45, 2.75) is 367 Å². The molecule has 5 heteroatoms. The molecule has 2 fully saturated rings. The van der Waals surface area contributed by atoms with Gasteiger partial charge in [0.2, 0.25) is 0 Å². The molecule has 516 valence electrons. The normalized spacial score (nSPS) is 19.7. The third-order valence-corrected chi connectivity index (χ3v) is 19.2. The van der Waals surface area contributed by atoms with E-state index in [0.717, 1.165) is 76.9 Å². The standard InChI is InChI=1S/C84H151NO4/c1-8-11-13-15-17-19-21-23-25-29-35-41-47-53-59-65-71-86-81-75-79(76-85(6)7)82(81)87-72-66-60-54-48-42-37-31-27-33-39-45-51-57-63-69-77(4)78(5)70-64-58-52-46-40-34-28-32-38-44-50-56-62-68-74-89-84-80(10-3)83(84)88-73-67-61-55-49-43-36-30-26-24-22-20-18-16-14-12-9-2/h17-20,23-28,33-34,45-46,51-52,77-84H,8-16,21-22,29-32,35-44,47-50,53-76H2,1-7H3. The molecule has 0 saturated heterocycles. The Kier molecular flexibility index (Phi) is 59.9. The molecule has 0 aromatic carbocycles. The van der Waals surface area contributed by atoms with E-state index in [4.69, 9.17) is 18.9 Å². The van der Waals surface area contributed by atoms with Crippen LogP contribution in [0.3, 0.4) is 0 Å². The predicted molar refractivity (Wildman–Crippen MR) is 395 cm³/mol. The Morgan fingerprint density at radius 1 is 0.315 bits per heavy atom. The summed E-state index contributed by atoms with van der Waals surface area (Å²) < 4.78 is 25.5. The van der Waals surface area contributed by atoms with Gasteiger partial charge in [-0.15, -0.1) is 0 Å². The van der Waals surface area contributed by atoms with Gasteiger partial charge in [-0.1, -0.05) is 273 Å². The molecule has 5 nitrogen and oxygen atoms in total. The molecule has 8 atom stereocenters. The lowest BCUT2D eigenvalue weighted by Crippen LogP contribution is -2.53. The van der Waals surface area contributed by atoms with Crippen LogP contribution in [0.1, 0.15) is 343 Å². The minimum absolute atomic E-state index is 0.283. The summed E-state index contributed by atoms with van der Waals surface area (Å²) in [5.74, 6) is 2.86. The molecular formula is C84H151NO4. The lowest BCUT2D eigenvalue weighted by Gasteiger charge is -2.45. The molecule has 2 saturated carbocycles. The Labute approximate surface area is 556 Å². The Morgan fingerprint density at radius 3 is 0.888 bits per heavy atom. The Bertz CT molecular complexity index is 1720. The lowest BCUT2D eigenvalue weighted by molar-refractivity contribution is -0.168. The summed E-state index contributed by atoms with van der Waals surface area (Å²) in [6.07, 6.45) is 101. The van der Waals surface area contributed by atoms with Gasteiger partial charge in [0.1, 0.15) is 0 Å². The van der Waals surface area contributed by atoms with Gasteiger partial charge < -0.3 is 23.8 Å². The molecule has 8 unspecified atom stereocenters. The van der Waals surface area contributed by atoms with Crippen molar-refractivity contribution in [3.8, 4) is 0 Å². The first-order chi connectivity index (χ1) is 43.9. The van der Waals surface area contributed by atoms with Crippen LogP contribution in [0, 0.1) is 23.7 Å². The second-order valence-electron chi connectivity index (χ2n) is 27.9. The van der Waals surface area contributed by atoms with Crippen LogP contribution in [0.5, 0.6) is 0 Å². The van der Waals surface area contributed by atoms with E-state index in [1.54, 1.807) is 0 Å². The van der Waals surface area contributed by atoms with Crippen LogP contribution < -0.4 is 0 Å². The average Bonchev–Trinajstić information content (AvgIpc) is 2.93. The van der Waals surface area contributed by atoms with Crippen LogP contribution in [0.2, 0.25) is 0 Å². The van der Waals surface area contributed by atoms with Gasteiger partial charge in [0, 0.05) is 44.8 Å². The van der Waals surface area contributed by atoms with Gasteiger partial charge in [-0.25, -0.2) is 0 Å². The molecule has 0 radical (unpaired) electrons. The fraction of sp³-hybridized carbons (Fsp3) is 0.810. The maximum absolute atomic E-state index is 6.51. The second-order valence-corrected chi connectivity index (χ2v) is 27.9. The van der Waals surface area contributed by atoms with E-state index in [-0.39, 0.29) is 6.10 Å². The molecule has 2 aliphatic rings. The smallest absolute Gasteiger partial charge is 0.0894 e. The van der Waals surface area contributed by atoms with Gasteiger partial charge >= 0.3 is 0 Å². The average molecular weight is 1240 g/mol. The summed E-state index contributed by atoms with van der Waals surface area (Å²) in [6.45, 7) is 16.5. The van der Waals surface area contributed by atoms with Gasteiger partial charge in [-0.2, -0.15) is 0 Å². The first-order valence-corrected chi connectivity index (χ1v) is 39.2. The van der Waals surface area contributed by atoms with Crippen LogP contribution in [-0.4, -0.2) is 76.4 Å². The Balaban J connectivity index is 1.31. The molecule has 2 aliphatic carbocycles. The molecule has 0 aliphatic heterocycles. The van der Waals surface area contributed by atoms with Gasteiger partial charge in [0.25, 0.3) is 0 Å². The van der Waals surface area contributed by atoms with E-state index >= 15 is 0 Å². The monoisotopic (exact) mass is 1240 g/mol. The summed E-state index contributed by atoms with van der Waals surface area (Å²) in [7, 11) is 4.38. The van der Waals surface area contributed by atoms with Gasteiger partial charge in [0.15, 0.2) is 0 Å². The van der Waals surface area contributed by atoms with E-state index in [1.807, 2.05) is 0 Å². The molecule has 0 heterocycles. The second kappa shape index (κ2) is 64.4. The van der Waals surface area contributed by atoms with E-state index in [9.17, 15) is 0 Å². The topological polar surface area (TPSA) is 40.2 Å². The third kappa shape index (κ3) is 51.8. The number of allylic oxidation sites excluding steroid dienone is 16. The molecule has 0 aromatic rings. The number of nitrogens with zero attached hydrogens (tertiary/aromatic N) is 1. The van der Waals surface area contributed by atoms with Crippen LogP contribution >= 0.6 is 0 Å². The summed E-state index contributed by atoms with van der Waals surface area (Å²) in [5.41, 5.74) is 0. The van der Waals surface area contributed by atoms with Crippen molar-refractivity contribution >= 4 is 0 Å². The highest BCUT2D eigenvalue weighted by molar-refractivity contribution is 5.00. The number of hydrogen-bond donors (Lipinski definition) is 0. The van der Waals surface area contributed by atoms with Crippen LogP contribution in [-0.2, 0) is 18.9 Å². The van der Waals surface area contributed by atoms with Gasteiger partial charge in [-0.05, 0) is 193 Å². The Hall–Kier alpha value is -2.28. The number of unbranched alkanes of at least 4 members (excludes halogenated alkanes) is 32. The zero-order chi connectivity index (χ0) is 63.8. The highest BCUT2D eigenvalue weighted by atomic mass is 16.6. The quantitative estimate of drug-likeness (QED) is 0.0448. The van der Waals surface area contributed by atoms with E-state index in [1.165, 1.54) is 276 Å². The highest BCUT2D eigenvalue weighted by Gasteiger charge is 2.51. The van der Waals surface area contributed by atoms with Crippen molar-refractivity contribution in [3.05, 3.63) is 97.2 Å². The summed E-state index contributed by atoms with van der Waals surface area (Å²) >= 11 is 0. The van der Waals surface area contributed by atoms with Crippen LogP contribution in [0.15, 0.2) is 97.2 Å². The molecule has 0 amide bonds. The van der Waals surface area contributed by atoms with Crippen molar-refractivity contribution in [2.75, 3.05) is 47.1 Å². The fourth-order valence-corrected chi connectivity index (χ4v) is 12.9. The first kappa shape index (κ1) is 82.8. The van der Waals surface area contributed by atoms with Crippen molar-refractivity contribution in [2.24, 2.45) is 23.7 Å². The summed E-state index contributed by atoms with van der Waals surface area (Å²) in [5, 5.41) is 0. The molecule has 0 spiro atoms. The van der Waals surface area contributed by atoms with Crippen LogP contribution in [0.25, 0.3) is 0 Å². The Morgan fingerprint density at radius 2 is 0.584 bits per heavy atom. The molecule has 2 rings (SSSR count). The minimum Gasteiger partial charge on any atom is -0.375 e. The van der Waals surface area contributed by atoms with E-state index in [2.05, 4.69) is 151 Å². The van der Waals surface area contributed by atoms with Crippen LogP contribution in [0.4, 0.5) is 0 Å². The van der Waals surface area contributed by atoms with E-state index < -0.39 is 0 Å². The number of rotatable bonds is 68. The van der Waals surface area contributed by atoms with Crippen molar-refractivity contribution in [1.29, 1.82) is 0 Å². The number of hydrogen-bond acceptors (Lipinski definition) is 5. The third-order valence-electron chi connectivity index (χ3n) is 19.2. The number of ether oxygens (including phenoxy) is 4. The first-order valence-electron chi connectivity index (χ1n) is 39.2. The molecular weight excluding hydrogens is 1090 g/mol. The summed E-state index contributed by atoms with van der Waals surface area (Å²) in [6, 6.07) is 0. The van der Waals surface area contributed by atoms with E-state index in [0.29, 0.717) is 30.1 Å². The fourth-order valence-electron chi connectivity index (χ4n) is 12.9. The molecule has 0 bridgehead atoms. The van der Waals surface area contributed by atoms with Crippen molar-refractivity contribution < 1.29 is 18.9 Å². The highest BCUT2D eigenvalue weighted by Crippen LogP contribution is 2.40. The maximum atomic E-state index is 6.51. The zero-order valence-electron chi connectivity index (χ0n) is 60.4. The molecule has 0 N–H and O–H groups in total. The summed E-state index contributed by atoms with van der Waals surface area (Å²) in [4.78, 5) is 2.32. The van der Waals surface area contributed by atoms with Gasteiger partial charge in [-0.3, -0.25) is 0 Å². The predicted octanol–water partition coefficient (Wildman–Crippen LogP) is 25.9. The lowest BCUT2D eigenvalue weighted by atomic mass is 9.78.